The molecule has 0 amide bonds. The van der Waals surface area contributed by atoms with Gasteiger partial charge in [-0.25, -0.2) is 0 Å². The standard InChI is InChI=1S/C16H27N/c1-4-6-9-14(13-17-3)12-16-11-8-7-10-15(16)5-2/h5,8,11,14,17H,2,4,6-7,9-10,12-13H2,1,3H3. The Morgan fingerprint density at radius 1 is 1.53 bits per heavy atom. The fourth-order valence-electron chi connectivity index (χ4n) is 2.53. The van der Waals surface area contributed by atoms with Crippen LogP contribution in [0.5, 0.6) is 0 Å². The maximum atomic E-state index is 3.94. The van der Waals surface area contributed by atoms with E-state index in [1.807, 2.05) is 0 Å². The first kappa shape index (κ1) is 14.2. The van der Waals surface area contributed by atoms with Gasteiger partial charge in [0.05, 0.1) is 0 Å². The van der Waals surface area contributed by atoms with Crippen molar-refractivity contribution in [2.45, 2.75) is 45.4 Å². The summed E-state index contributed by atoms with van der Waals surface area (Å²) in [4.78, 5) is 0. The fourth-order valence-corrected chi connectivity index (χ4v) is 2.53. The highest BCUT2D eigenvalue weighted by molar-refractivity contribution is 5.35. The van der Waals surface area contributed by atoms with E-state index in [0.717, 1.165) is 12.5 Å². The minimum absolute atomic E-state index is 0.771. The second kappa shape index (κ2) is 8.30. The molecule has 1 aliphatic carbocycles. The Balaban J connectivity index is 2.60. The molecule has 1 rings (SSSR count). The zero-order valence-corrected chi connectivity index (χ0v) is 11.5. The molecule has 0 spiro atoms. The second-order valence-electron chi connectivity index (χ2n) is 4.97. The zero-order valence-electron chi connectivity index (χ0n) is 11.5. The van der Waals surface area contributed by atoms with E-state index in [4.69, 9.17) is 0 Å². The first-order valence-corrected chi connectivity index (χ1v) is 6.97. The van der Waals surface area contributed by atoms with Crippen LogP contribution in [0, 0.1) is 5.92 Å². The molecule has 1 aliphatic rings. The van der Waals surface area contributed by atoms with Crippen LogP contribution in [0.25, 0.3) is 0 Å². The summed E-state index contributed by atoms with van der Waals surface area (Å²) in [7, 11) is 2.05. The highest BCUT2D eigenvalue weighted by Gasteiger charge is 2.12. The third-order valence-corrected chi connectivity index (χ3v) is 3.53. The van der Waals surface area contributed by atoms with Crippen molar-refractivity contribution < 1.29 is 0 Å². The van der Waals surface area contributed by atoms with Crippen molar-refractivity contribution >= 4 is 0 Å². The lowest BCUT2D eigenvalue weighted by Gasteiger charge is -2.20. The predicted octanol–water partition coefficient (Wildman–Crippen LogP) is 4.23. The molecule has 1 N–H and O–H groups in total. The van der Waals surface area contributed by atoms with Gasteiger partial charge < -0.3 is 5.32 Å². The molecule has 1 heteroatoms. The highest BCUT2D eigenvalue weighted by Crippen LogP contribution is 2.27. The van der Waals surface area contributed by atoms with Gasteiger partial charge in [0.1, 0.15) is 0 Å². The average Bonchev–Trinajstić information content (AvgIpc) is 2.37. The SMILES string of the molecule is C=CC1=C(CC(CCCC)CNC)C=CCC1. The van der Waals surface area contributed by atoms with Gasteiger partial charge in [0.2, 0.25) is 0 Å². The minimum atomic E-state index is 0.771. The van der Waals surface area contributed by atoms with E-state index in [2.05, 4.69) is 44.1 Å². The smallest absolute Gasteiger partial charge is 0.00203 e. The molecule has 17 heavy (non-hydrogen) atoms. The summed E-state index contributed by atoms with van der Waals surface area (Å²) in [6, 6.07) is 0. The second-order valence-corrected chi connectivity index (χ2v) is 4.97. The van der Waals surface area contributed by atoms with Gasteiger partial charge in [-0.05, 0) is 56.3 Å². The van der Waals surface area contributed by atoms with Crippen LogP contribution in [0.1, 0.15) is 45.4 Å². The molecule has 1 nitrogen and oxygen atoms in total. The van der Waals surface area contributed by atoms with Gasteiger partial charge >= 0.3 is 0 Å². The van der Waals surface area contributed by atoms with Crippen molar-refractivity contribution in [1.82, 2.24) is 5.32 Å². The normalized spacial score (nSPS) is 17.3. The van der Waals surface area contributed by atoms with Gasteiger partial charge in [-0.2, -0.15) is 0 Å². The van der Waals surface area contributed by atoms with Gasteiger partial charge in [0.25, 0.3) is 0 Å². The Bertz CT molecular complexity index is 286. The van der Waals surface area contributed by atoms with Crippen molar-refractivity contribution in [2.75, 3.05) is 13.6 Å². The number of nitrogens with one attached hydrogen (secondary N) is 1. The molecule has 0 aromatic rings. The average molecular weight is 233 g/mol. The predicted molar refractivity (Wildman–Crippen MR) is 77.2 cm³/mol. The molecular weight excluding hydrogens is 206 g/mol. The Kier molecular flexibility index (Phi) is 6.95. The van der Waals surface area contributed by atoms with Crippen LogP contribution in [0.2, 0.25) is 0 Å². The van der Waals surface area contributed by atoms with Crippen molar-refractivity contribution in [3.05, 3.63) is 36.0 Å². The molecule has 0 radical (unpaired) electrons. The van der Waals surface area contributed by atoms with E-state index in [0.29, 0.717) is 0 Å². The van der Waals surface area contributed by atoms with Crippen LogP contribution in [-0.4, -0.2) is 13.6 Å². The summed E-state index contributed by atoms with van der Waals surface area (Å²) >= 11 is 0. The van der Waals surface area contributed by atoms with Crippen LogP contribution in [0.3, 0.4) is 0 Å². The number of rotatable bonds is 8. The first-order valence-electron chi connectivity index (χ1n) is 6.97. The third kappa shape index (κ3) is 4.91. The van der Waals surface area contributed by atoms with Crippen LogP contribution < -0.4 is 5.32 Å². The topological polar surface area (TPSA) is 12.0 Å². The lowest BCUT2D eigenvalue weighted by Crippen LogP contribution is -2.19. The Morgan fingerprint density at radius 3 is 3.00 bits per heavy atom. The van der Waals surface area contributed by atoms with Crippen molar-refractivity contribution in [2.24, 2.45) is 5.92 Å². The quantitative estimate of drug-likeness (QED) is 0.661. The summed E-state index contributed by atoms with van der Waals surface area (Å²) in [5.41, 5.74) is 2.98. The lowest BCUT2D eigenvalue weighted by molar-refractivity contribution is 0.444. The van der Waals surface area contributed by atoms with Crippen LogP contribution in [-0.2, 0) is 0 Å². The van der Waals surface area contributed by atoms with Crippen molar-refractivity contribution in [3.63, 3.8) is 0 Å². The zero-order chi connectivity index (χ0) is 12.5. The van der Waals surface area contributed by atoms with Gasteiger partial charge in [-0.15, -0.1) is 0 Å². The van der Waals surface area contributed by atoms with E-state index in [1.165, 1.54) is 49.7 Å². The molecular formula is C16H27N. The molecule has 0 aromatic heterocycles. The molecule has 0 aliphatic heterocycles. The Morgan fingerprint density at radius 2 is 2.35 bits per heavy atom. The summed E-state index contributed by atoms with van der Waals surface area (Å²) in [6.45, 7) is 7.34. The van der Waals surface area contributed by atoms with E-state index in [1.54, 1.807) is 0 Å². The van der Waals surface area contributed by atoms with Gasteiger partial charge in [-0.3, -0.25) is 0 Å². The molecule has 0 saturated heterocycles. The number of hydrogen-bond donors (Lipinski definition) is 1. The molecule has 1 unspecified atom stereocenters. The van der Waals surface area contributed by atoms with Crippen LogP contribution in [0.4, 0.5) is 0 Å². The molecule has 0 aromatic carbocycles. The Hall–Kier alpha value is -0.820. The maximum Gasteiger partial charge on any atom is -0.00203 e. The molecule has 0 heterocycles. The first-order chi connectivity index (χ1) is 8.31. The molecule has 0 saturated carbocycles. The van der Waals surface area contributed by atoms with Gasteiger partial charge in [0.15, 0.2) is 0 Å². The monoisotopic (exact) mass is 233 g/mol. The highest BCUT2D eigenvalue weighted by atomic mass is 14.8. The van der Waals surface area contributed by atoms with Crippen molar-refractivity contribution in [1.29, 1.82) is 0 Å². The largest absolute Gasteiger partial charge is 0.319 e. The van der Waals surface area contributed by atoms with Gasteiger partial charge in [-0.1, -0.05) is 44.6 Å². The summed E-state index contributed by atoms with van der Waals surface area (Å²) in [5, 5.41) is 3.33. The van der Waals surface area contributed by atoms with Gasteiger partial charge in [0, 0.05) is 0 Å². The Labute approximate surface area is 107 Å². The summed E-state index contributed by atoms with van der Waals surface area (Å²) in [6.07, 6.45) is 14.2. The fraction of sp³-hybridized carbons (Fsp3) is 0.625. The van der Waals surface area contributed by atoms with Crippen LogP contribution in [0.15, 0.2) is 36.0 Å². The lowest BCUT2D eigenvalue weighted by atomic mass is 9.88. The molecule has 96 valence electrons. The summed E-state index contributed by atoms with van der Waals surface area (Å²) in [5.74, 6) is 0.771. The third-order valence-electron chi connectivity index (χ3n) is 3.53. The van der Waals surface area contributed by atoms with E-state index in [9.17, 15) is 0 Å². The molecule has 1 atom stereocenters. The summed E-state index contributed by atoms with van der Waals surface area (Å²) < 4.78 is 0. The number of hydrogen-bond acceptors (Lipinski definition) is 1. The van der Waals surface area contributed by atoms with E-state index in [-0.39, 0.29) is 0 Å². The maximum absolute atomic E-state index is 3.94. The van der Waals surface area contributed by atoms with Crippen molar-refractivity contribution in [3.8, 4) is 0 Å². The minimum Gasteiger partial charge on any atom is -0.319 e. The van der Waals surface area contributed by atoms with Crippen LogP contribution >= 0.6 is 0 Å². The number of allylic oxidation sites excluding steroid dienone is 5. The number of unbranched alkanes of at least 4 members (excludes halogenated alkanes) is 1. The van der Waals surface area contributed by atoms with E-state index >= 15 is 0 Å². The molecule has 0 bridgehead atoms. The molecule has 0 fully saturated rings. The van der Waals surface area contributed by atoms with E-state index < -0.39 is 0 Å².